The van der Waals surface area contributed by atoms with E-state index in [9.17, 15) is 13.2 Å². The molecule has 1 saturated carbocycles. The van der Waals surface area contributed by atoms with Crippen LogP contribution in [-0.4, -0.2) is 16.2 Å². The van der Waals surface area contributed by atoms with Gasteiger partial charge in [-0.1, -0.05) is 24.6 Å². The third-order valence-electron chi connectivity index (χ3n) is 4.29. The van der Waals surface area contributed by atoms with Crippen molar-refractivity contribution in [2.75, 3.05) is 0 Å². The van der Waals surface area contributed by atoms with Gasteiger partial charge in [-0.3, -0.25) is 5.10 Å². The van der Waals surface area contributed by atoms with Gasteiger partial charge in [0.25, 0.3) is 0 Å². The van der Waals surface area contributed by atoms with E-state index < -0.39 is 11.7 Å². The lowest BCUT2D eigenvalue weighted by Crippen LogP contribution is -2.31. The smallest absolute Gasteiger partial charge is 0.308 e. The van der Waals surface area contributed by atoms with Gasteiger partial charge in [0.2, 0.25) is 0 Å². The minimum Gasteiger partial charge on any atom is -0.308 e. The zero-order chi connectivity index (χ0) is 15.6. The highest BCUT2D eigenvalue weighted by Gasteiger charge is 2.38. The summed E-state index contributed by atoms with van der Waals surface area (Å²) < 4.78 is 39.6. The first-order chi connectivity index (χ1) is 10.6. The van der Waals surface area contributed by atoms with E-state index >= 15 is 0 Å². The zero-order valence-electron chi connectivity index (χ0n) is 12.0. The van der Waals surface area contributed by atoms with Crippen LogP contribution in [0.3, 0.4) is 0 Å². The maximum Gasteiger partial charge on any atom is 0.416 e. The number of H-pyrrole nitrogens is 1. The van der Waals surface area contributed by atoms with Gasteiger partial charge in [-0.05, 0) is 36.5 Å². The van der Waals surface area contributed by atoms with Crippen LogP contribution in [0.25, 0.3) is 0 Å². The summed E-state index contributed by atoms with van der Waals surface area (Å²) in [5.41, 5.74) is 0.847. The number of alkyl halides is 3. The summed E-state index contributed by atoms with van der Waals surface area (Å²) in [5.74, 6) is -0.0965. The Bertz CT molecular complexity index is 607. The summed E-state index contributed by atoms with van der Waals surface area (Å²) >= 11 is 0. The van der Waals surface area contributed by atoms with Gasteiger partial charge in [0.1, 0.15) is 0 Å². The molecule has 0 spiro atoms. The van der Waals surface area contributed by atoms with Crippen molar-refractivity contribution < 1.29 is 13.2 Å². The van der Waals surface area contributed by atoms with Gasteiger partial charge in [0.15, 0.2) is 0 Å². The van der Waals surface area contributed by atoms with Crippen LogP contribution in [0.2, 0.25) is 0 Å². The average Bonchev–Trinajstić information content (AvgIpc) is 3.15. The van der Waals surface area contributed by atoms with Gasteiger partial charge in [-0.2, -0.15) is 18.3 Å². The predicted octanol–water partition coefficient (Wildman–Crippen LogP) is 3.85. The molecule has 1 aromatic carbocycles. The first-order valence-electron chi connectivity index (χ1n) is 7.43. The molecule has 118 valence electrons. The molecule has 0 bridgehead atoms. The van der Waals surface area contributed by atoms with E-state index in [0.29, 0.717) is 12.1 Å². The Balaban J connectivity index is 1.78. The average molecular weight is 309 g/mol. The van der Waals surface area contributed by atoms with Gasteiger partial charge in [0.05, 0.1) is 5.56 Å². The lowest BCUT2D eigenvalue weighted by Gasteiger charge is -2.24. The lowest BCUT2D eigenvalue weighted by atomic mass is 9.89. The second-order valence-electron chi connectivity index (χ2n) is 5.69. The Labute approximate surface area is 126 Å². The molecule has 1 heterocycles. The molecule has 0 unspecified atom stereocenters. The van der Waals surface area contributed by atoms with Crippen LogP contribution in [0.5, 0.6) is 0 Å². The number of aromatic nitrogens is 2. The van der Waals surface area contributed by atoms with E-state index in [2.05, 4.69) is 15.5 Å². The van der Waals surface area contributed by atoms with Gasteiger partial charge >= 0.3 is 6.18 Å². The summed E-state index contributed by atoms with van der Waals surface area (Å²) in [7, 11) is 0. The van der Waals surface area contributed by atoms with E-state index in [1.807, 2.05) is 6.07 Å². The van der Waals surface area contributed by atoms with E-state index in [4.69, 9.17) is 0 Å². The topological polar surface area (TPSA) is 40.7 Å². The molecule has 22 heavy (non-hydrogen) atoms. The molecule has 2 aromatic rings. The Morgan fingerprint density at radius 1 is 1.18 bits per heavy atom. The molecular weight excluding hydrogens is 291 g/mol. The van der Waals surface area contributed by atoms with Crippen molar-refractivity contribution >= 4 is 0 Å². The summed E-state index contributed by atoms with van der Waals surface area (Å²) in [6.07, 6.45) is -0.00849. The zero-order valence-corrected chi connectivity index (χ0v) is 12.0. The molecule has 1 aliphatic rings. The molecule has 0 aliphatic heterocycles. The van der Waals surface area contributed by atoms with E-state index in [1.165, 1.54) is 12.1 Å². The van der Waals surface area contributed by atoms with Crippen molar-refractivity contribution in [3.63, 3.8) is 0 Å². The fourth-order valence-corrected chi connectivity index (χ4v) is 3.28. The van der Waals surface area contributed by atoms with Crippen LogP contribution in [0, 0.1) is 0 Å². The van der Waals surface area contributed by atoms with Crippen molar-refractivity contribution in [1.29, 1.82) is 0 Å². The van der Waals surface area contributed by atoms with Gasteiger partial charge in [0, 0.05) is 24.5 Å². The fourth-order valence-electron chi connectivity index (χ4n) is 3.28. The first-order valence-corrected chi connectivity index (χ1v) is 7.43. The number of halogens is 3. The van der Waals surface area contributed by atoms with Gasteiger partial charge < -0.3 is 5.32 Å². The number of hydrogen-bond donors (Lipinski definition) is 2. The van der Waals surface area contributed by atoms with Crippen LogP contribution >= 0.6 is 0 Å². The van der Waals surface area contributed by atoms with Crippen molar-refractivity contribution in [1.82, 2.24) is 15.5 Å². The van der Waals surface area contributed by atoms with Gasteiger partial charge in [-0.25, -0.2) is 0 Å². The summed E-state index contributed by atoms with van der Waals surface area (Å²) in [6.45, 7) is 0.593. The third kappa shape index (κ3) is 3.16. The van der Waals surface area contributed by atoms with Crippen molar-refractivity contribution in [3.8, 4) is 0 Å². The highest BCUT2D eigenvalue weighted by atomic mass is 19.4. The van der Waals surface area contributed by atoms with Crippen molar-refractivity contribution in [3.05, 3.63) is 53.3 Å². The Morgan fingerprint density at radius 3 is 2.73 bits per heavy atom. The van der Waals surface area contributed by atoms with Crippen molar-refractivity contribution in [2.45, 2.75) is 43.9 Å². The quantitative estimate of drug-likeness (QED) is 0.900. The number of hydrogen-bond acceptors (Lipinski definition) is 2. The fraction of sp³-hybridized carbons (Fsp3) is 0.438. The number of rotatable bonds is 4. The second kappa shape index (κ2) is 6.12. The van der Waals surface area contributed by atoms with E-state index in [-0.39, 0.29) is 12.0 Å². The SMILES string of the molecule is FC(F)(F)c1ccccc1[C@@H]1CCC[C@H]1NCc1ccn[nH]1. The molecule has 2 atom stereocenters. The Kier molecular flexibility index (Phi) is 4.20. The highest BCUT2D eigenvalue weighted by Crippen LogP contribution is 2.41. The highest BCUT2D eigenvalue weighted by molar-refractivity contribution is 5.34. The molecule has 6 heteroatoms. The lowest BCUT2D eigenvalue weighted by molar-refractivity contribution is -0.138. The molecule has 3 nitrogen and oxygen atoms in total. The maximum absolute atomic E-state index is 13.2. The summed E-state index contributed by atoms with van der Waals surface area (Å²) in [5, 5.41) is 10.1. The molecule has 1 aromatic heterocycles. The minimum absolute atomic E-state index is 0.0619. The van der Waals surface area contributed by atoms with Crippen LogP contribution < -0.4 is 5.32 Å². The summed E-state index contributed by atoms with van der Waals surface area (Å²) in [6, 6.07) is 7.86. The number of benzene rings is 1. The second-order valence-corrected chi connectivity index (χ2v) is 5.69. The number of nitrogens with zero attached hydrogens (tertiary/aromatic N) is 1. The monoisotopic (exact) mass is 309 g/mol. The van der Waals surface area contributed by atoms with Crippen LogP contribution in [0.4, 0.5) is 13.2 Å². The largest absolute Gasteiger partial charge is 0.416 e. The van der Waals surface area contributed by atoms with Crippen LogP contribution in [-0.2, 0) is 12.7 Å². The first kappa shape index (κ1) is 15.1. The van der Waals surface area contributed by atoms with Gasteiger partial charge in [-0.15, -0.1) is 0 Å². The van der Waals surface area contributed by atoms with E-state index in [0.717, 1.165) is 25.0 Å². The number of aromatic amines is 1. The molecule has 0 amide bonds. The molecule has 0 saturated heterocycles. The number of nitrogens with one attached hydrogen (secondary N) is 2. The standard InChI is InChI=1S/C16H18F3N3/c17-16(18,19)14-6-2-1-4-12(14)13-5-3-7-15(13)20-10-11-8-9-21-22-11/h1-2,4,6,8-9,13,15,20H,3,5,7,10H2,(H,21,22)/t13-,15+/m0/s1. The minimum atomic E-state index is -4.30. The normalized spacial score (nSPS) is 22.1. The van der Waals surface area contributed by atoms with E-state index in [1.54, 1.807) is 18.3 Å². The molecule has 2 N–H and O–H groups in total. The summed E-state index contributed by atoms with van der Waals surface area (Å²) in [4.78, 5) is 0. The molecule has 1 fully saturated rings. The van der Waals surface area contributed by atoms with Crippen LogP contribution in [0.15, 0.2) is 36.5 Å². The van der Waals surface area contributed by atoms with Crippen molar-refractivity contribution in [2.24, 2.45) is 0 Å². The molecule has 3 rings (SSSR count). The molecule has 1 aliphatic carbocycles. The maximum atomic E-state index is 13.2. The third-order valence-corrected chi connectivity index (χ3v) is 4.29. The molecular formula is C16H18F3N3. The molecule has 0 radical (unpaired) electrons. The Morgan fingerprint density at radius 2 is 2.00 bits per heavy atom. The predicted molar refractivity (Wildman–Crippen MR) is 77.3 cm³/mol. The van der Waals surface area contributed by atoms with Crippen LogP contribution in [0.1, 0.15) is 42.0 Å². The Hall–Kier alpha value is -1.82.